The Hall–Kier alpha value is -0.680. The van der Waals surface area contributed by atoms with Crippen LogP contribution in [0, 0.1) is 0 Å². The van der Waals surface area contributed by atoms with E-state index in [9.17, 15) is 4.79 Å². The first kappa shape index (κ1) is 20.3. The molecule has 120 valence electrons. The van der Waals surface area contributed by atoms with Crippen LogP contribution in [-0.4, -0.2) is 44.7 Å². The third-order valence-electron chi connectivity index (χ3n) is 2.48. The smallest absolute Gasteiger partial charge is 0.305 e. The predicted molar refractivity (Wildman–Crippen MR) is 88.0 cm³/mol. The first-order valence-corrected chi connectivity index (χ1v) is 7.13. The molecule has 0 aliphatic heterocycles. The fourth-order valence-electron chi connectivity index (χ4n) is 1.41. The van der Waals surface area contributed by atoms with Crippen LogP contribution in [0.1, 0.15) is 12.8 Å². The first-order chi connectivity index (χ1) is 9.49. The van der Waals surface area contributed by atoms with Crippen LogP contribution in [0.15, 0.2) is 18.2 Å². The summed E-state index contributed by atoms with van der Waals surface area (Å²) in [5, 5.41) is 1.03. The van der Waals surface area contributed by atoms with E-state index in [4.69, 9.17) is 32.7 Å². The number of benzene rings is 1. The Bertz CT molecular complexity index is 441. The van der Waals surface area contributed by atoms with Crippen molar-refractivity contribution in [3.05, 3.63) is 28.2 Å². The van der Waals surface area contributed by atoms with Gasteiger partial charge < -0.3 is 14.4 Å². The molecule has 0 atom stereocenters. The standard InChI is InChI=1S/C14H19Cl2NO3.ClH/c1-17(2)7-9-20-14(18)4-3-8-19-13-6-5-11(15)10-12(13)16;/h5-6,10H,3-4,7-9H2,1-2H3;1H. The van der Waals surface area contributed by atoms with Crippen LogP contribution in [0.5, 0.6) is 5.75 Å². The van der Waals surface area contributed by atoms with Crippen molar-refractivity contribution in [2.24, 2.45) is 0 Å². The van der Waals surface area contributed by atoms with E-state index in [0.29, 0.717) is 41.9 Å². The van der Waals surface area contributed by atoms with Crippen molar-refractivity contribution in [3.8, 4) is 5.75 Å². The Labute approximate surface area is 141 Å². The van der Waals surface area contributed by atoms with Crippen LogP contribution in [0.4, 0.5) is 0 Å². The lowest BCUT2D eigenvalue weighted by Crippen LogP contribution is -2.20. The molecular weight excluding hydrogens is 337 g/mol. The summed E-state index contributed by atoms with van der Waals surface area (Å²) in [5.41, 5.74) is 0. The molecule has 1 aromatic rings. The molecule has 0 aromatic heterocycles. The topological polar surface area (TPSA) is 38.8 Å². The van der Waals surface area contributed by atoms with Gasteiger partial charge in [0.1, 0.15) is 12.4 Å². The Balaban J connectivity index is 0.00000400. The summed E-state index contributed by atoms with van der Waals surface area (Å²) in [6, 6.07) is 5.03. The van der Waals surface area contributed by atoms with Gasteiger partial charge in [0.2, 0.25) is 0 Å². The number of carbonyl (C=O) groups is 1. The van der Waals surface area contributed by atoms with Crippen LogP contribution in [0.25, 0.3) is 0 Å². The fourth-order valence-corrected chi connectivity index (χ4v) is 1.87. The van der Waals surface area contributed by atoms with Crippen molar-refractivity contribution in [3.63, 3.8) is 0 Å². The maximum absolute atomic E-state index is 11.4. The average Bonchev–Trinajstić information content (AvgIpc) is 2.36. The zero-order valence-electron chi connectivity index (χ0n) is 12.1. The summed E-state index contributed by atoms with van der Waals surface area (Å²) in [7, 11) is 3.86. The monoisotopic (exact) mass is 355 g/mol. The van der Waals surface area contributed by atoms with Gasteiger partial charge in [-0.3, -0.25) is 4.79 Å². The fraction of sp³-hybridized carbons (Fsp3) is 0.500. The number of likely N-dealkylation sites (N-methyl/N-ethyl adjacent to an activating group) is 1. The van der Waals surface area contributed by atoms with E-state index >= 15 is 0 Å². The Kier molecular flexibility index (Phi) is 10.6. The van der Waals surface area contributed by atoms with Gasteiger partial charge in [0.15, 0.2) is 0 Å². The van der Waals surface area contributed by atoms with Crippen molar-refractivity contribution in [1.82, 2.24) is 4.90 Å². The zero-order valence-corrected chi connectivity index (χ0v) is 14.4. The van der Waals surface area contributed by atoms with Crippen LogP contribution in [-0.2, 0) is 9.53 Å². The number of ether oxygens (including phenoxy) is 2. The van der Waals surface area contributed by atoms with E-state index in [1.807, 2.05) is 19.0 Å². The number of halogens is 3. The van der Waals surface area contributed by atoms with Crippen molar-refractivity contribution in [2.75, 3.05) is 33.9 Å². The molecule has 0 saturated carbocycles. The third-order valence-corrected chi connectivity index (χ3v) is 3.01. The number of carbonyl (C=O) groups excluding carboxylic acids is 1. The van der Waals surface area contributed by atoms with Crippen LogP contribution < -0.4 is 4.74 Å². The SMILES string of the molecule is CN(C)CCOC(=O)CCCOc1ccc(Cl)cc1Cl.Cl. The highest BCUT2D eigenvalue weighted by molar-refractivity contribution is 6.35. The van der Waals surface area contributed by atoms with Gasteiger partial charge in [-0.25, -0.2) is 0 Å². The number of hydrogen-bond donors (Lipinski definition) is 0. The van der Waals surface area contributed by atoms with E-state index in [-0.39, 0.29) is 18.4 Å². The Morgan fingerprint density at radius 3 is 2.57 bits per heavy atom. The summed E-state index contributed by atoms with van der Waals surface area (Å²) >= 11 is 11.7. The minimum Gasteiger partial charge on any atom is -0.492 e. The molecule has 0 fully saturated rings. The predicted octanol–water partition coefficient (Wildman–Crippen LogP) is 3.68. The lowest BCUT2D eigenvalue weighted by Gasteiger charge is -2.10. The van der Waals surface area contributed by atoms with Crippen molar-refractivity contribution in [2.45, 2.75) is 12.8 Å². The maximum Gasteiger partial charge on any atom is 0.305 e. The molecule has 0 saturated heterocycles. The highest BCUT2D eigenvalue weighted by atomic mass is 35.5. The second-order valence-corrected chi connectivity index (χ2v) is 5.39. The van der Waals surface area contributed by atoms with Crippen LogP contribution >= 0.6 is 35.6 Å². The molecule has 1 rings (SSSR count). The molecule has 0 unspecified atom stereocenters. The van der Waals surface area contributed by atoms with Gasteiger partial charge in [-0.15, -0.1) is 12.4 Å². The molecule has 0 radical (unpaired) electrons. The minimum absolute atomic E-state index is 0. The largest absolute Gasteiger partial charge is 0.492 e. The van der Waals surface area contributed by atoms with Gasteiger partial charge in [-0.1, -0.05) is 23.2 Å². The molecular formula is C14H20Cl3NO3. The second-order valence-electron chi connectivity index (χ2n) is 4.55. The van der Waals surface area contributed by atoms with Gasteiger partial charge in [0, 0.05) is 18.0 Å². The number of nitrogens with zero attached hydrogens (tertiary/aromatic N) is 1. The molecule has 0 aliphatic carbocycles. The lowest BCUT2D eigenvalue weighted by atomic mass is 10.3. The second kappa shape index (κ2) is 11.0. The van der Waals surface area contributed by atoms with E-state index in [1.54, 1.807) is 18.2 Å². The van der Waals surface area contributed by atoms with E-state index < -0.39 is 0 Å². The number of rotatable bonds is 8. The molecule has 7 heteroatoms. The highest BCUT2D eigenvalue weighted by Gasteiger charge is 2.05. The van der Waals surface area contributed by atoms with Crippen LogP contribution in [0.2, 0.25) is 10.0 Å². The Morgan fingerprint density at radius 1 is 1.24 bits per heavy atom. The quantitative estimate of drug-likeness (QED) is 0.526. The van der Waals surface area contributed by atoms with E-state index in [2.05, 4.69) is 0 Å². The maximum atomic E-state index is 11.4. The molecule has 0 bridgehead atoms. The summed E-state index contributed by atoms with van der Waals surface area (Å²) in [6.45, 7) is 1.54. The molecule has 4 nitrogen and oxygen atoms in total. The van der Waals surface area contributed by atoms with Crippen molar-refractivity contribution in [1.29, 1.82) is 0 Å². The molecule has 0 aliphatic rings. The molecule has 0 N–H and O–H groups in total. The van der Waals surface area contributed by atoms with Gasteiger partial charge in [0.05, 0.1) is 11.6 Å². The summed E-state index contributed by atoms with van der Waals surface area (Å²) < 4.78 is 10.5. The van der Waals surface area contributed by atoms with E-state index in [0.717, 1.165) is 6.54 Å². The van der Waals surface area contributed by atoms with Gasteiger partial charge in [-0.05, 0) is 38.7 Å². The van der Waals surface area contributed by atoms with Gasteiger partial charge in [0.25, 0.3) is 0 Å². The molecule has 1 aromatic carbocycles. The summed E-state index contributed by atoms with van der Waals surface area (Å²) in [6.07, 6.45) is 0.915. The average molecular weight is 357 g/mol. The highest BCUT2D eigenvalue weighted by Crippen LogP contribution is 2.27. The minimum atomic E-state index is -0.211. The third kappa shape index (κ3) is 9.04. The van der Waals surface area contributed by atoms with Crippen molar-refractivity contribution < 1.29 is 14.3 Å². The summed E-state index contributed by atoms with van der Waals surface area (Å²) in [5.74, 6) is 0.356. The first-order valence-electron chi connectivity index (χ1n) is 6.37. The van der Waals surface area contributed by atoms with Gasteiger partial charge >= 0.3 is 5.97 Å². The van der Waals surface area contributed by atoms with Crippen LogP contribution in [0.3, 0.4) is 0 Å². The van der Waals surface area contributed by atoms with Gasteiger partial charge in [-0.2, -0.15) is 0 Å². The number of hydrogen-bond acceptors (Lipinski definition) is 4. The van der Waals surface area contributed by atoms with E-state index in [1.165, 1.54) is 0 Å². The van der Waals surface area contributed by atoms with Crippen molar-refractivity contribution >= 4 is 41.6 Å². The molecule has 0 amide bonds. The summed E-state index contributed by atoms with van der Waals surface area (Å²) in [4.78, 5) is 13.4. The normalized spacial score (nSPS) is 10.1. The zero-order chi connectivity index (χ0) is 15.0. The number of esters is 1. The Morgan fingerprint density at radius 2 is 1.95 bits per heavy atom. The molecule has 0 heterocycles. The lowest BCUT2D eigenvalue weighted by molar-refractivity contribution is -0.144. The molecule has 21 heavy (non-hydrogen) atoms. The molecule has 0 spiro atoms.